The van der Waals surface area contributed by atoms with Crippen LogP contribution in [-0.2, 0) is 16.9 Å². The second-order valence-electron chi connectivity index (χ2n) is 10.1. The SMILES string of the molecule is CN1CC(c2cccc(Cl)c2)C(C(=O)c2ccccc2)C12C(=O)N(Cc1cccc(Cl)c1)c1ccccc12. The molecule has 2 heterocycles. The molecule has 0 radical (unpaired) electrons. The van der Waals surface area contributed by atoms with Gasteiger partial charge in [0.2, 0.25) is 0 Å². The number of halogens is 2. The van der Waals surface area contributed by atoms with Crippen molar-refractivity contribution in [2.75, 3.05) is 18.5 Å². The van der Waals surface area contributed by atoms with Crippen LogP contribution in [0.1, 0.15) is 33.0 Å². The minimum atomic E-state index is -1.16. The molecule has 1 spiro atoms. The van der Waals surface area contributed by atoms with Gasteiger partial charge in [-0.3, -0.25) is 14.5 Å². The highest BCUT2D eigenvalue weighted by atomic mass is 35.5. The number of amides is 1. The topological polar surface area (TPSA) is 40.6 Å². The molecule has 6 heteroatoms. The van der Waals surface area contributed by atoms with Crippen molar-refractivity contribution in [2.45, 2.75) is 18.0 Å². The molecule has 2 aliphatic heterocycles. The zero-order valence-corrected chi connectivity index (χ0v) is 22.4. The van der Waals surface area contributed by atoms with Gasteiger partial charge in [-0.25, -0.2) is 0 Å². The number of anilines is 1. The van der Waals surface area contributed by atoms with E-state index in [2.05, 4.69) is 4.90 Å². The van der Waals surface area contributed by atoms with E-state index in [9.17, 15) is 9.59 Å². The summed E-state index contributed by atoms with van der Waals surface area (Å²) in [5.74, 6) is -1.02. The molecule has 0 N–H and O–H groups in total. The lowest BCUT2D eigenvalue weighted by atomic mass is 9.70. The van der Waals surface area contributed by atoms with Gasteiger partial charge in [0, 0.05) is 39.3 Å². The number of hydrogen-bond acceptors (Lipinski definition) is 3. The molecule has 3 unspecified atom stereocenters. The lowest BCUT2D eigenvalue weighted by Gasteiger charge is -2.36. The highest BCUT2D eigenvalue weighted by molar-refractivity contribution is 6.31. The van der Waals surface area contributed by atoms with Crippen LogP contribution in [0.2, 0.25) is 10.0 Å². The van der Waals surface area contributed by atoms with Crippen LogP contribution in [0.3, 0.4) is 0 Å². The number of likely N-dealkylation sites (N-methyl/N-ethyl adjacent to an activating group) is 1. The van der Waals surface area contributed by atoms with Crippen LogP contribution in [-0.4, -0.2) is 30.2 Å². The third-order valence-corrected chi connectivity index (χ3v) is 8.42. The van der Waals surface area contributed by atoms with Gasteiger partial charge < -0.3 is 4.90 Å². The number of fused-ring (bicyclic) bond motifs is 2. The van der Waals surface area contributed by atoms with Crippen molar-refractivity contribution in [3.63, 3.8) is 0 Å². The van der Waals surface area contributed by atoms with Gasteiger partial charge in [-0.15, -0.1) is 0 Å². The Morgan fingerprint density at radius 1 is 0.868 bits per heavy atom. The van der Waals surface area contributed by atoms with Crippen LogP contribution < -0.4 is 4.90 Å². The normalized spacial score (nSPS) is 22.7. The van der Waals surface area contributed by atoms with E-state index in [4.69, 9.17) is 23.2 Å². The van der Waals surface area contributed by atoms with Gasteiger partial charge in [-0.1, -0.05) is 96.0 Å². The molecule has 0 bridgehead atoms. The van der Waals surface area contributed by atoms with Gasteiger partial charge in [0.15, 0.2) is 5.78 Å². The van der Waals surface area contributed by atoms with E-state index in [1.165, 1.54) is 0 Å². The summed E-state index contributed by atoms with van der Waals surface area (Å²) < 4.78 is 0. The molecule has 6 rings (SSSR count). The molecule has 4 aromatic carbocycles. The maximum absolute atomic E-state index is 14.7. The van der Waals surface area contributed by atoms with Gasteiger partial charge in [0.1, 0.15) is 5.54 Å². The zero-order valence-electron chi connectivity index (χ0n) is 20.9. The first kappa shape index (κ1) is 24.9. The quantitative estimate of drug-likeness (QED) is 0.257. The predicted octanol–water partition coefficient (Wildman–Crippen LogP) is 6.96. The van der Waals surface area contributed by atoms with Crippen molar-refractivity contribution in [2.24, 2.45) is 5.92 Å². The summed E-state index contributed by atoms with van der Waals surface area (Å²) in [6.07, 6.45) is 0. The van der Waals surface area contributed by atoms with Gasteiger partial charge in [-0.2, -0.15) is 0 Å². The molecular weight excluding hydrogens is 515 g/mol. The molecule has 2 aliphatic rings. The molecule has 0 aliphatic carbocycles. The number of Topliss-reactive ketones (excluding diaryl/α,β-unsaturated/α-hetero) is 1. The van der Waals surface area contributed by atoms with E-state index >= 15 is 0 Å². The Kier molecular flexibility index (Phi) is 6.35. The number of carbonyl (C=O) groups is 2. The molecular formula is C32H26Cl2N2O2. The molecule has 38 heavy (non-hydrogen) atoms. The number of para-hydroxylation sites is 1. The fraction of sp³-hybridized carbons (Fsp3) is 0.188. The monoisotopic (exact) mass is 540 g/mol. The highest BCUT2D eigenvalue weighted by Gasteiger charge is 2.66. The minimum absolute atomic E-state index is 0.0484. The van der Waals surface area contributed by atoms with Crippen LogP contribution in [0.15, 0.2) is 103 Å². The minimum Gasteiger partial charge on any atom is -0.306 e. The second kappa shape index (κ2) is 9.70. The molecule has 0 aromatic heterocycles. The summed E-state index contributed by atoms with van der Waals surface area (Å²) in [6, 6.07) is 32.3. The Bertz CT molecular complexity index is 1540. The maximum Gasteiger partial charge on any atom is 0.253 e. The van der Waals surface area contributed by atoms with Crippen molar-refractivity contribution in [1.29, 1.82) is 0 Å². The van der Waals surface area contributed by atoms with E-state index in [0.717, 1.165) is 22.4 Å². The predicted molar refractivity (Wildman–Crippen MR) is 152 cm³/mol. The van der Waals surface area contributed by atoms with Crippen LogP contribution in [0, 0.1) is 5.92 Å². The largest absolute Gasteiger partial charge is 0.306 e. The van der Waals surface area contributed by atoms with Crippen molar-refractivity contribution in [3.8, 4) is 0 Å². The Labute approximate surface area is 232 Å². The fourth-order valence-corrected chi connectivity index (χ4v) is 6.78. The summed E-state index contributed by atoms with van der Waals surface area (Å²) in [5, 5.41) is 1.23. The van der Waals surface area contributed by atoms with Gasteiger partial charge >= 0.3 is 0 Å². The molecule has 1 amide bonds. The Morgan fingerprint density at radius 3 is 2.29 bits per heavy atom. The van der Waals surface area contributed by atoms with E-state index < -0.39 is 11.5 Å². The Morgan fingerprint density at radius 2 is 1.55 bits per heavy atom. The maximum atomic E-state index is 14.7. The van der Waals surface area contributed by atoms with E-state index in [0.29, 0.717) is 28.7 Å². The van der Waals surface area contributed by atoms with Gasteiger partial charge in [0.05, 0.1) is 12.5 Å². The van der Waals surface area contributed by atoms with Gasteiger partial charge in [-0.05, 0) is 48.5 Å². The summed E-state index contributed by atoms with van der Waals surface area (Å²) in [5.41, 5.74) is 2.99. The average Bonchev–Trinajstić information content (AvgIpc) is 3.37. The van der Waals surface area contributed by atoms with Crippen LogP contribution >= 0.6 is 23.2 Å². The van der Waals surface area contributed by atoms with Crippen molar-refractivity contribution < 1.29 is 9.59 Å². The third kappa shape index (κ3) is 3.87. The molecule has 4 nitrogen and oxygen atoms in total. The van der Waals surface area contributed by atoms with Crippen molar-refractivity contribution in [1.82, 2.24) is 4.90 Å². The first-order valence-corrected chi connectivity index (χ1v) is 13.4. The molecule has 4 aromatic rings. The van der Waals surface area contributed by atoms with Gasteiger partial charge in [0.25, 0.3) is 5.91 Å². The number of hydrogen-bond donors (Lipinski definition) is 0. The third-order valence-electron chi connectivity index (χ3n) is 7.95. The molecule has 190 valence electrons. The van der Waals surface area contributed by atoms with E-state index in [1.807, 2.05) is 115 Å². The number of likely N-dealkylation sites (tertiary alicyclic amines) is 1. The Balaban J connectivity index is 1.54. The van der Waals surface area contributed by atoms with E-state index in [-0.39, 0.29) is 17.6 Å². The van der Waals surface area contributed by atoms with Crippen molar-refractivity contribution >= 4 is 40.6 Å². The van der Waals surface area contributed by atoms with Crippen LogP contribution in [0.25, 0.3) is 0 Å². The van der Waals surface area contributed by atoms with Crippen LogP contribution in [0.5, 0.6) is 0 Å². The number of nitrogens with zero attached hydrogens (tertiary/aromatic N) is 2. The summed E-state index contributed by atoms with van der Waals surface area (Å²) in [4.78, 5) is 33.1. The number of carbonyl (C=O) groups excluding carboxylic acids is 2. The summed E-state index contributed by atoms with van der Waals surface area (Å²) in [7, 11) is 1.95. The first-order chi connectivity index (χ1) is 18.4. The van der Waals surface area contributed by atoms with Crippen molar-refractivity contribution in [3.05, 3.63) is 135 Å². The Hall–Kier alpha value is -3.44. The van der Waals surface area contributed by atoms with E-state index in [1.54, 1.807) is 0 Å². The molecule has 1 saturated heterocycles. The lowest BCUT2D eigenvalue weighted by molar-refractivity contribution is -0.129. The number of rotatable bonds is 5. The zero-order chi connectivity index (χ0) is 26.4. The standard InChI is InChI=1S/C32H26Cl2N2O2/c1-35-20-26(23-12-8-14-25(34)18-23)29(30(37)22-10-3-2-4-11-22)32(35)27-15-5-6-16-28(27)36(31(32)38)19-21-9-7-13-24(33)17-21/h2-18,26,29H,19-20H2,1H3. The fourth-order valence-electron chi connectivity index (χ4n) is 6.37. The first-order valence-electron chi connectivity index (χ1n) is 12.6. The molecule has 3 atom stereocenters. The average molecular weight is 541 g/mol. The molecule has 0 saturated carbocycles. The lowest BCUT2D eigenvalue weighted by Crippen LogP contribution is -2.53. The smallest absolute Gasteiger partial charge is 0.253 e. The summed E-state index contributed by atoms with van der Waals surface area (Å²) in [6.45, 7) is 0.898. The summed E-state index contributed by atoms with van der Waals surface area (Å²) >= 11 is 12.7. The number of ketones is 1. The highest BCUT2D eigenvalue weighted by Crippen LogP contribution is 2.57. The van der Waals surface area contributed by atoms with Crippen LogP contribution in [0.4, 0.5) is 5.69 Å². The second-order valence-corrected chi connectivity index (χ2v) is 10.9. The molecule has 1 fully saturated rings. The number of benzene rings is 4.